The lowest BCUT2D eigenvalue weighted by atomic mass is 10.0. The summed E-state index contributed by atoms with van der Waals surface area (Å²) in [6.07, 6.45) is 1.43. The molecule has 2 aromatic rings. The zero-order chi connectivity index (χ0) is 21.1. The molecule has 1 N–H and O–H groups in total. The van der Waals surface area contributed by atoms with Crippen LogP contribution in [0.2, 0.25) is 0 Å². The molecule has 1 saturated heterocycles. The first kappa shape index (κ1) is 20.3. The molecule has 0 aromatic heterocycles. The van der Waals surface area contributed by atoms with Crippen LogP contribution in [0.1, 0.15) is 11.1 Å². The Morgan fingerprint density at radius 3 is 2.07 bits per heavy atom. The number of hydrogen-bond donors (Lipinski definition) is 1. The van der Waals surface area contributed by atoms with E-state index in [9.17, 15) is 9.59 Å². The largest absolute Gasteiger partial charge is 0.496 e. The van der Waals surface area contributed by atoms with Crippen LogP contribution in [0.25, 0.3) is 6.08 Å². The molecular weight excluding hydrogens is 392 g/mol. The van der Waals surface area contributed by atoms with Gasteiger partial charge in [0, 0.05) is 12.1 Å². The molecule has 2 aromatic carbocycles. The number of benzene rings is 2. The molecule has 8 heteroatoms. The van der Waals surface area contributed by atoms with Crippen LogP contribution < -0.4 is 24.4 Å². The fourth-order valence-electron chi connectivity index (χ4n) is 2.91. The van der Waals surface area contributed by atoms with Crippen LogP contribution in [0.3, 0.4) is 0 Å². The lowest BCUT2D eigenvalue weighted by molar-refractivity contribution is -0.122. The van der Waals surface area contributed by atoms with Gasteiger partial charge in [-0.1, -0.05) is 17.7 Å². The number of carbonyl (C=O) groups is 2. The van der Waals surface area contributed by atoms with E-state index in [1.165, 1.54) is 32.3 Å². The Morgan fingerprint density at radius 1 is 0.966 bits per heavy atom. The maximum Gasteiger partial charge on any atom is 0.270 e. The summed E-state index contributed by atoms with van der Waals surface area (Å²) >= 11 is 5.22. The summed E-state index contributed by atoms with van der Waals surface area (Å²) in [5.41, 5.74) is 1.94. The molecule has 1 aliphatic heterocycles. The second-order valence-electron chi connectivity index (χ2n) is 6.24. The molecule has 1 heterocycles. The minimum atomic E-state index is -0.594. The minimum Gasteiger partial charge on any atom is -0.496 e. The van der Waals surface area contributed by atoms with Gasteiger partial charge in [-0.15, -0.1) is 0 Å². The number of nitrogens with one attached hydrogen (secondary N) is 1. The van der Waals surface area contributed by atoms with Crippen molar-refractivity contribution in [3.8, 4) is 17.2 Å². The highest BCUT2D eigenvalue weighted by Gasteiger charge is 2.35. The first-order valence-electron chi connectivity index (χ1n) is 8.67. The molecule has 0 spiro atoms. The predicted octanol–water partition coefficient (Wildman–Crippen LogP) is 2.85. The van der Waals surface area contributed by atoms with Crippen LogP contribution in [0.4, 0.5) is 5.69 Å². The Kier molecular flexibility index (Phi) is 5.84. The molecule has 0 saturated carbocycles. The average Bonchev–Trinajstić information content (AvgIpc) is 2.71. The van der Waals surface area contributed by atoms with E-state index in [4.69, 9.17) is 26.4 Å². The maximum absolute atomic E-state index is 13.2. The van der Waals surface area contributed by atoms with Gasteiger partial charge in [0.25, 0.3) is 11.8 Å². The Labute approximate surface area is 173 Å². The third kappa shape index (κ3) is 3.93. The standard InChI is InChI=1S/C21H20N2O5S/c1-12-5-7-13(8-6-12)23-20(25)16(19(24)22-21(23)29)11-15-17(27-3)9-14(26-2)10-18(15)28-4/h5-11H,1-4H3,(H,22,24,29)/b16-11+. The number of hydrogen-bond acceptors (Lipinski definition) is 6. The molecule has 150 valence electrons. The topological polar surface area (TPSA) is 77.1 Å². The number of amides is 2. The van der Waals surface area contributed by atoms with Gasteiger partial charge >= 0.3 is 0 Å². The summed E-state index contributed by atoms with van der Waals surface area (Å²) in [5.74, 6) is 0.169. The number of ether oxygens (including phenoxy) is 3. The molecule has 0 atom stereocenters. The van der Waals surface area contributed by atoms with Crippen LogP contribution in [0.5, 0.6) is 17.2 Å². The van der Waals surface area contributed by atoms with Gasteiger partial charge in [-0.3, -0.25) is 19.8 Å². The van der Waals surface area contributed by atoms with Crippen LogP contribution >= 0.6 is 12.2 Å². The molecule has 0 bridgehead atoms. The van der Waals surface area contributed by atoms with E-state index in [0.29, 0.717) is 28.5 Å². The predicted molar refractivity (Wildman–Crippen MR) is 113 cm³/mol. The highest BCUT2D eigenvalue weighted by molar-refractivity contribution is 7.80. The van der Waals surface area contributed by atoms with Crippen molar-refractivity contribution in [1.82, 2.24) is 5.32 Å². The van der Waals surface area contributed by atoms with Gasteiger partial charge in [-0.2, -0.15) is 0 Å². The monoisotopic (exact) mass is 412 g/mol. The Bertz CT molecular complexity index is 989. The molecule has 1 aliphatic rings. The minimum absolute atomic E-state index is 0.0228. The Morgan fingerprint density at radius 2 is 1.55 bits per heavy atom. The molecule has 2 amide bonds. The van der Waals surface area contributed by atoms with Crippen LogP contribution in [0.15, 0.2) is 42.0 Å². The maximum atomic E-state index is 13.2. The Balaban J connectivity index is 2.11. The van der Waals surface area contributed by atoms with E-state index in [2.05, 4.69) is 5.32 Å². The van der Waals surface area contributed by atoms with Gasteiger partial charge in [-0.25, -0.2) is 0 Å². The lowest BCUT2D eigenvalue weighted by Crippen LogP contribution is -2.54. The third-order valence-corrected chi connectivity index (χ3v) is 4.72. The van der Waals surface area contributed by atoms with E-state index in [1.807, 2.05) is 19.1 Å². The average molecular weight is 412 g/mol. The van der Waals surface area contributed by atoms with Crippen molar-refractivity contribution >= 4 is 40.9 Å². The second-order valence-corrected chi connectivity index (χ2v) is 6.63. The van der Waals surface area contributed by atoms with Crippen LogP contribution in [-0.2, 0) is 9.59 Å². The fourth-order valence-corrected chi connectivity index (χ4v) is 3.19. The number of carbonyl (C=O) groups excluding carboxylic acids is 2. The quantitative estimate of drug-likeness (QED) is 0.462. The molecule has 0 unspecified atom stereocenters. The first-order chi connectivity index (χ1) is 13.9. The number of rotatable bonds is 5. The zero-order valence-electron chi connectivity index (χ0n) is 16.4. The van der Waals surface area contributed by atoms with Gasteiger partial charge in [0.1, 0.15) is 22.8 Å². The highest BCUT2D eigenvalue weighted by Crippen LogP contribution is 2.36. The fraction of sp³-hybridized carbons (Fsp3) is 0.190. The van der Waals surface area contributed by atoms with E-state index in [-0.39, 0.29) is 10.7 Å². The van der Waals surface area contributed by atoms with E-state index in [1.54, 1.807) is 24.3 Å². The number of thiocarbonyl (C=S) groups is 1. The molecule has 29 heavy (non-hydrogen) atoms. The normalized spacial score (nSPS) is 15.4. The molecule has 7 nitrogen and oxygen atoms in total. The summed E-state index contributed by atoms with van der Waals surface area (Å²) in [4.78, 5) is 27.0. The van der Waals surface area contributed by atoms with Crippen molar-refractivity contribution in [1.29, 1.82) is 0 Å². The molecular formula is C21H20N2O5S. The molecule has 1 fully saturated rings. The number of anilines is 1. The van der Waals surface area contributed by atoms with Crippen molar-refractivity contribution < 1.29 is 23.8 Å². The molecule has 3 rings (SSSR count). The van der Waals surface area contributed by atoms with Crippen molar-refractivity contribution in [2.75, 3.05) is 26.2 Å². The van der Waals surface area contributed by atoms with Crippen LogP contribution in [-0.4, -0.2) is 38.3 Å². The zero-order valence-corrected chi connectivity index (χ0v) is 17.3. The summed E-state index contributed by atoms with van der Waals surface area (Å²) in [6.45, 7) is 1.94. The van der Waals surface area contributed by atoms with E-state index < -0.39 is 11.8 Å². The number of aryl methyl sites for hydroxylation is 1. The van der Waals surface area contributed by atoms with Gasteiger partial charge in [0.05, 0.1) is 32.6 Å². The van der Waals surface area contributed by atoms with Crippen molar-refractivity contribution in [3.05, 3.63) is 53.1 Å². The summed E-state index contributed by atoms with van der Waals surface area (Å²) in [5, 5.41) is 2.59. The summed E-state index contributed by atoms with van der Waals surface area (Å²) in [7, 11) is 4.48. The first-order valence-corrected chi connectivity index (χ1v) is 9.08. The third-order valence-electron chi connectivity index (χ3n) is 4.44. The van der Waals surface area contributed by atoms with Crippen molar-refractivity contribution in [2.24, 2.45) is 0 Å². The molecule has 0 aliphatic carbocycles. The van der Waals surface area contributed by atoms with Crippen molar-refractivity contribution in [2.45, 2.75) is 6.92 Å². The van der Waals surface area contributed by atoms with Crippen molar-refractivity contribution in [3.63, 3.8) is 0 Å². The van der Waals surface area contributed by atoms with Crippen LogP contribution in [0, 0.1) is 6.92 Å². The van der Waals surface area contributed by atoms with E-state index in [0.717, 1.165) is 5.56 Å². The van der Waals surface area contributed by atoms with Gasteiger partial charge in [0.2, 0.25) is 0 Å². The lowest BCUT2D eigenvalue weighted by Gasteiger charge is -2.29. The summed E-state index contributed by atoms with van der Waals surface area (Å²) in [6, 6.07) is 10.5. The Hall–Kier alpha value is -3.39. The SMILES string of the molecule is COc1cc(OC)c(/C=C2\C(=O)NC(=S)N(c3ccc(C)cc3)C2=O)c(OC)c1. The van der Waals surface area contributed by atoms with Gasteiger partial charge < -0.3 is 14.2 Å². The highest BCUT2D eigenvalue weighted by atomic mass is 32.1. The summed E-state index contributed by atoms with van der Waals surface area (Å²) < 4.78 is 16.0. The van der Waals surface area contributed by atoms with E-state index >= 15 is 0 Å². The number of nitrogens with zero attached hydrogens (tertiary/aromatic N) is 1. The second kappa shape index (κ2) is 8.32. The van der Waals surface area contributed by atoms with Gasteiger partial charge in [-0.05, 0) is 37.4 Å². The molecule has 0 radical (unpaired) electrons. The number of methoxy groups -OCH3 is 3. The van der Waals surface area contributed by atoms with Gasteiger partial charge in [0.15, 0.2) is 5.11 Å². The smallest absolute Gasteiger partial charge is 0.270 e.